The minimum absolute atomic E-state index is 0.0405. The molecule has 2 aromatic rings. The van der Waals surface area contributed by atoms with Crippen molar-refractivity contribution in [1.29, 1.82) is 0 Å². The first-order valence-corrected chi connectivity index (χ1v) is 10.3. The van der Waals surface area contributed by atoms with E-state index in [2.05, 4.69) is 5.32 Å². The molecule has 154 valence electrons. The average Bonchev–Trinajstić information content (AvgIpc) is 3.22. The minimum atomic E-state index is -0.621. The Morgan fingerprint density at radius 2 is 1.59 bits per heavy atom. The quantitative estimate of drug-likeness (QED) is 0.759. The molecule has 1 saturated heterocycles. The van der Waals surface area contributed by atoms with Crippen LogP contribution < -0.4 is 5.32 Å². The smallest absolute Gasteiger partial charge is 0.245 e. The molecule has 2 amide bonds. The zero-order valence-corrected chi connectivity index (χ0v) is 17.1. The molecule has 3 rings (SSSR count). The van der Waals surface area contributed by atoms with E-state index in [0.29, 0.717) is 6.54 Å². The fraction of sp³-hybridized carbons (Fsp3) is 0.417. The average molecular weight is 395 g/mol. The molecule has 2 aromatic carbocycles. The molecule has 0 spiro atoms. The number of hydrogen-bond acceptors (Lipinski definition) is 3. The lowest BCUT2D eigenvalue weighted by Gasteiger charge is -2.31. The second kappa shape index (κ2) is 9.70. The van der Waals surface area contributed by atoms with Crippen molar-refractivity contribution in [3.63, 3.8) is 0 Å². The van der Waals surface area contributed by atoms with E-state index in [1.807, 2.05) is 74.5 Å². The van der Waals surface area contributed by atoms with Crippen molar-refractivity contribution < 1.29 is 14.7 Å². The molecular formula is C24H30N2O3. The maximum absolute atomic E-state index is 13.4. The number of rotatable bonds is 7. The summed E-state index contributed by atoms with van der Waals surface area (Å²) < 4.78 is 0. The fourth-order valence-corrected chi connectivity index (χ4v) is 4.03. The number of aliphatic hydroxyl groups is 1. The van der Waals surface area contributed by atoms with Gasteiger partial charge in [-0.1, -0.05) is 74.5 Å². The van der Waals surface area contributed by atoms with Gasteiger partial charge in [0.25, 0.3) is 0 Å². The van der Waals surface area contributed by atoms with Crippen molar-refractivity contribution >= 4 is 11.8 Å². The van der Waals surface area contributed by atoms with Crippen LogP contribution in [0.5, 0.6) is 0 Å². The number of likely N-dealkylation sites (tertiary alicyclic amines) is 1. The van der Waals surface area contributed by atoms with E-state index in [9.17, 15) is 14.7 Å². The monoisotopic (exact) mass is 394 g/mol. The Hall–Kier alpha value is -2.66. The summed E-state index contributed by atoms with van der Waals surface area (Å²) in [6.07, 6.45) is 1.68. The van der Waals surface area contributed by atoms with Crippen molar-refractivity contribution in [3.8, 4) is 0 Å². The van der Waals surface area contributed by atoms with E-state index >= 15 is 0 Å². The molecule has 0 unspecified atom stereocenters. The van der Waals surface area contributed by atoms with Crippen LogP contribution in [0.2, 0.25) is 0 Å². The van der Waals surface area contributed by atoms with Gasteiger partial charge in [0.05, 0.1) is 18.6 Å². The van der Waals surface area contributed by atoms with Gasteiger partial charge in [0.2, 0.25) is 11.8 Å². The van der Waals surface area contributed by atoms with Crippen molar-refractivity contribution in [2.45, 2.75) is 44.7 Å². The number of carbonyl (C=O) groups is 2. The Labute approximate surface area is 172 Å². The third kappa shape index (κ3) is 4.85. The molecule has 0 aliphatic carbocycles. The van der Waals surface area contributed by atoms with Crippen LogP contribution >= 0.6 is 0 Å². The van der Waals surface area contributed by atoms with E-state index in [1.165, 1.54) is 0 Å². The Bertz CT molecular complexity index is 768. The molecule has 0 aromatic heterocycles. The zero-order chi connectivity index (χ0) is 20.8. The molecule has 0 bridgehead atoms. The lowest BCUT2D eigenvalue weighted by Crippen LogP contribution is -2.53. The topological polar surface area (TPSA) is 69.6 Å². The summed E-state index contributed by atoms with van der Waals surface area (Å²) in [6, 6.07) is 18.5. The third-order valence-electron chi connectivity index (χ3n) is 5.63. The molecule has 1 aliphatic heterocycles. The van der Waals surface area contributed by atoms with Gasteiger partial charge in [-0.25, -0.2) is 0 Å². The Balaban J connectivity index is 1.86. The number of amides is 2. The standard InChI is InChI=1S/C24H30N2O3/c1-17(2)22(24(29)26-15-9-14-20(26)16-27)25-23(28)21(18-10-5-3-6-11-18)19-12-7-4-8-13-19/h3-8,10-13,17,20-22,27H,9,14-16H2,1-2H3,(H,25,28)/t20-,22+/m0/s1. The number of hydrogen-bond donors (Lipinski definition) is 2. The maximum Gasteiger partial charge on any atom is 0.245 e. The lowest BCUT2D eigenvalue weighted by atomic mass is 9.89. The number of benzene rings is 2. The molecule has 1 aliphatic rings. The molecule has 2 atom stereocenters. The summed E-state index contributed by atoms with van der Waals surface area (Å²) in [5.74, 6) is -0.837. The van der Waals surface area contributed by atoms with Gasteiger partial charge in [-0.05, 0) is 29.9 Å². The third-order valence-corrected chi connectivity index (χ3v) is 5.63. The summed E-state index contributed by atoms with van der Waals surface area (Å²) in [6.45, 7) is 4.46. The Morgan fingerprint density at radius 3 is 2.07 bits per heavy atom. The summed E-state index contributed by atoms with van der Waals surface area (Å²) in [4.78, 5) is 28.3. The number of nitrogens with zero attached hydrogens (tertiary/aromatic N) is 1. The van der Waals surface area contributed by atoms with Gasteiger partial charge >= 0.3 is 0 Å². The highest BCUT2D eigenvalue weighted by Gasteiger charge is 2.36. The van der Waals surface area contributed by atoms with Crippen LogP contribution in [-0.4, -0.2) is 47.1 Å². The highest BCUT2D eigenvalue weighted by atomic mass is 16.3. The van der Waals surface area contributed by atoms with Gasteiger partial charge in [-0.15, -0.1) is 0 Å². The van der Waals surface area contributed by atoms with E-state index in [4.69, 9.17) is 0 Å². The Kier molecular flexibility index (Phi) is 7.04. The molecular weight excluding hydrogens is 364 g/mol. The summed E-state index contributed by atoms with van der Waals surface area (Å²) in [7, 11) is 0. The molecule has 0 saturated carbocycles. The fourth-order valence-electron chi connectivity index (χ4n) is 4.03. The molecule has 0 radical (unpaired) electrons. The van der Waals surface area contributed by atoms with Crippen LogP contribution in [0.25, 0.3) is 0 Å². The zero-order valence-electron chi connectivity index (χ0n) is 17.1. The molecule has 29 heavy (non-hydrogen) atoms. The molecule has 1 fully saturated rings. The van der Waals surface area contributed by atoms with Crippen LogP contribution in [0.4, 0.5) is 0 Å². The van der Waals surface area contributed by atoms with Gasteiger partial charge in [-0.3, -0.25) is 9.59 Å². The van der Waals surface area contributed by atoms with Gasteiger partial charge in [0.15, 0.2) is 0 Å². The number of carbonyl (C=O) groups excluding carboxylic acids is 2. The first-order valence-electron chi connectivity index (χ1n) is 10.3. The Morgan fingerprint density at radius 1 is 1.03 bits per heavy atom. The highest BCUT2D eigenvalue weighted by Crippen LogP contribution is 2.26. The van der Waals surface area contributed by atoms with Crippen LogP contribution in [0.15, 0.2) is 60.7 Å². The van der Waals surface area contributed by atoms with Crippen molar-refractivity contribution in [2.24, 2.45) is 5.92 Å². The van der Waals surface area contributed by atoms with Gasteiger partial charge in [0, 0.05) is 6.54 Å². The number of nitrogens with one attached hydrogen (secondary N) is 1. The van der Waals surface area contributed by atoms with Crippen molar-refractivity contribution in [1.82, 2.24) is 10.2 Å². The van der Waals surface area contributed by atoms with E-state index < -0.39 is 12.0 Å². The highest BCUT2D eigenvalue weighted by molar-refractivity contribution is 5.92. The lowest BCUT2D eigenvalue weighted by molar-refractivity contribution is -0.139. The van der Waals surface area contributed by atoms with Crippen LogP contribution in [0, 0.1) is 5.92 Å². The number of aliphatic hydroxyl groups excluding tert-OH is 1. The molecule has 2 N–H and O–H groups in total. The van der Waals surface area contributed by atoms with E-state index in [1.54, 1.807) is 4.90 Å². The summed E-state index contributed by atoms with van der Waals surface area (Å²) >= 11 is 0. The second-order valence-corrected chi connectivity index (χ2v) is 7.99. The predicted molar refractivity (Wildman–Crippen MR) is 113 cm³/mol. The largest absolute Gasteiger partial charge is 0.394 e. The molecule has 1 heterocycles. The second-order valence-electron chi connectivity index (χ2n) is 7.99. The van der Waals surface area contributed by atoms with Crippen molar-refractivity contribution in [3.05, 3.63) is 71.8 Å². The first-order chi connectivity index (χ1) is 14.0. The maximum atomic E-state index is 13.4. The molecule has 5 heteroatoms. The van der Waals surface area contributed by atoms with Crippen LogP contribution in [0.1, 0.15) is 43.7 Å². The minimum Gasteiger partial charge on any atom is -0.394 e. The predicted octanol–water partition coefficient (Wildman–Crippen LogP) is 2.94. The van der Waals surface area contributed by atoms with Crippen LogP contribution in [0.3, 0.4) is 0 Å². The van der Waals surface area contributed by atoms with E-state index in [-0.39, 0.29) is 30.4 Å². The van der Waals surface area contributed by atoms with Gasteiger partial charge < -0.3 is 15.3 Å². The van der Waals surface area contributed by atoms with E-state index in [0.717, 1.165) is 24.0 Å². The van der Waals surface area contributed by atoms with Gasteiger partial charge in [0.1, 0.15) is 6.04 Å². The van der Waals surface area contributed by atoms with Crippen LogP contribution in [-0.2, 0) is 9.59 Å². The SMILES string of the molecule is CC(C)[C@@H](NC(=O)C(c1ccccc1)c1ccccc1)C(=O)N1CCC[C@H]1CO. The normalized spacial score (nSPS) is 17.6. The summed E-state index contributed by atoms with van der Waals surface area (Å²) in [5.41, 5.74) is 1.78. The first kappa shape index (κ1) is 21.1. The van der Waals surface area contributed by atoms with Gasteiger partial charge in [-0.2, -0.15) is 0 Å². The summed E-state index contributed by atoms with van der Waals surface area (Å²) in [5, 5.41) is 12.6. The van der Waals surface area contributed by atoms with Crippen molar-refractivity contribution in [2.75, 3.05) is 13.2 Å². The molecule has 5 nitrogen and oxygen atoms in total.